The zero-order valence-electron chi connectivity index (χ0n) is 10.5. The average Bonchev–Trinajstić information content (AvgIpc) is 2.40. The van der Waals surface area contributed by atoms with E-state index in [2.05, 4.69) is 10.3 Å². The molecular weight excluding hydrogens is 232 g/mol. The Kier molecular flexibility index (Phi) is 4.09. The monoisotopic (exact) mass is 250 g/mol. The van der Waals surface area contributed by atoms with Crippen LogP contribution in [0.2, 0.25) is 0 Å². The van der Waals surface area contributed by atoms with Crippen molar-refractivity contribution >= 4 is 11.5 Å². The summed E-state index contributed by atoms with van der Waals surface area (Å²) < 4.78 is 0. The van der Waals surface area contributed by atoms with Crippen molar-refractivity contribution < 1.29 is 4.92 Å². The van der Waals surface area contributed by atoms with Gasteiger partial charge in [-0.3, -0.25) is 10.1 Å². The van der Waals surface area contributed by atoms with Gasteiger partial charge in [0.05, 0.1) is 4.92 Å². The van der Waals surface area contributed by atoms with E-state index in [1.165, 1.54) is 18.9 Å². The standard InChI is InChI=1S/C12H18N4O2/c1-15(9-10-5-2-3-7-13-10)12-11(16(17)18)6-4-8-14-12/h4,6,8,10,13H,2-3,5,7,9H2,1H3. The van der Waals surface area contributed by atoms with Gasteiger partial charge in [-0.1, -0.05) is 6.42 Å². The normalized spacial score (nSPS) is 19.5. The summed E-state index contributed by atoms with van der Waals surface area (Å²) in [6, 6.07) is 3.48. The van der Waals surface area contributed by atoms with Gasteiger partial charge in [0, 0.05) is 31.9 Å². The molecule has 1 fully saturated rings. The molecule has 0 radical (unpaired) electrons. The fourth-order valence-electron chi connectivity index (χ4n) is 2.32. The van der Waals surface area contributed by atoms with Gasteiger partial charge in [0.15, 0.2) is 0 Å². The van der Waals surface area contributed by atoms with Crippen molar-refractivity contribution in [1.82, 2.24) is 10.3 Å². The molecule has 0 aliphatic carbocycles. The third kappa shape index (κ3) is 2.95. The maximum Gasteiger partial charge on any atom is 0.311 e. The van der Waals surface area contributed by atoms with E-state index in [1.54, 1.807) is 12.3 Å². The number of anilines is 1. The maximum atomic E-state index is 10.9. The van der Waals surface area contributed by atoms with Crippen molar-refractivity contribution in [3.8, 4) is 0 Å². The second-order valence-corrected chi connectivity index (χ2v) is 4.63. The smallest absolute Gasteiger partial charge is 0.311 e. The van der Waals surface area contributed by atoms with Gasteiger partial charge in [-0.2, -0.15) is 0 Å². The average molecular weight is 250 g/mol. The fourth-order valence-corrected chi connectivity index (χ4v) is 2.32. The Morgan fingerprint density at radius 2 is 2.44 bits per heavy atom. The Bertz CT molecular complexity index is 418. The lowest BCUT2D eigenvalue weighted by Crippen LogP contribution is -2.42. The lowest BCUT2D eigenvalue weighted by molar-refractivity contribution is -0.384. The number of hydrogen-bond donors (Lipinski definition) is 1. The number of pyridine rings is 1. The molecule has 1 N–H and O–H groups in total. The minimum Gasteiger partial charge on any atom is -0.352 e. The number of nitro groups is 1. The Labute approximate surface area is 106 Å². The van der Waals surface area contributed by atoms with E-state index in [-0.39, 0.29) is 10.6 Å². The van der Waals surface area contributed by atoms with Crippen LogP contribution in [0.4, 0.5) is 11.5 Å². The first-order chi connectivity index (χ1) is 8.68. The van der Waals surface area contributed by atoms with Gasteiger partial charge >= 0.3 is 5.69 Å². The summed E-state index contributed by atoms with van der Waals surface area (Å²) in [5.41, 5.74) is 0.0656. The van der Waals surface area contributed by atoms with E-state index in [0.717, 1.165) is 19.5 Å². The first kappa shape index (κ1) is 12.8. The largest absolute Gasteiger partial charge is 0.352 e. The Morgan fingerprint density at radius 3 is 3.11 bits per heavy atom. The minimum absolute atomic E-state index is 0.0656. The van der Waals surface area contributed by atoms with Crippen LogP contribution in [0.15, 0.2) is 18.3 Å². The summed E-state index contributed by atoms with van der Waals surface area (Å²) >= 11 is 0. The molecule has 0 amide bonds. The van der Waals surface area contributed by atoms with Gasteiger partial charge in [0.1, 0.15) is 0 Å². The number of piperidine rings is 1. The van der Waals surface area contributed by atoms with Crippen LogP contribution in [0.3, 0.4) is 0 Å². The van der Waals surface area contributed by atoms with Gasteiger partial charge in [-0.15, -0.1) is 0 Å². The van der Waals surface area contributed by atoms with Crippen LogP contribution in [0.25, 0.3) is 0 Å². The molecule has 98 valence electrons. The van der Waals surface area contributed by atoms with Crippen LogP contribution >= 0.6 is 0 Å². The number of nitrogens with zero attached hydrogens (tertiary/aromatic N) is 3. The second-order valence-electron chi connectivity index (χ2n) is 4.63. The molecule has 18 heavy (non-hydrogen) atoms. The zero-order chi connectivity index (χ0) is 13.0. The van der Waals surface area contributed by atoms with E-state index >= 15 is 0 Å². The topological polar surface area (TPSA) is 71.3 Å². The van der Waals surface area contributed by atoms with Crippen molar-refractivity contribution in [3.05, 3.63) is 28.4 Å². The summed E-state index contributed by atoms with van der Waals surface area (Å²) in [6.45, 7) is 1.78. The number of nitrogens with one attached hydrogen (secondary N) is 1. The number of hydrogen-bond acceptors (Lipinski definition) is 5. The quantitative estimate of drug-likeness (QED) is 0.648. The van der Waals surface area contributed by atoms with Crippen molar-refractivity contribution in [3.63, 3.8) is 0 Å². The van der Waals surface area contributed by atoms with Crippen LogP contribution in [0, 0.1) is 10.1 Å². The van der Waals surface area contributed by atoms with Crippen LogP contribution in [-0.4, -0.2) is 36.1 Å². The SMILES string of the molecule is CN(CC1CCCCN1)c1ncccc1[N+](=O)[O-]. The summed E-state index contributed by atoms with van der Waals surface area (Å²) in [4.78, 5) is 16.5. The summed E-state index contributed by atoms with van der Waals surface area (Å²) in [5, 5.41) is 14.4. The van der Waals surface area contributed by atoms with E-state index in [4.69, 9.17) is 0 Å². The summed E-state index contributed by atoms with van der Waals surface area (Å²) in [5.74, 6) is 0.440. The Balaban J connectivity index is 2.08. The van der Waals surface area contributed by atoms with E-state index in [1.807, 2.05) is 11.9 Å². The minimum atomic E-state index is -0.382. The Morgan fingerprint density at radius 1 is 1.61 bits per heavy atom. The predicted molar refractivity (Wildman–Crippen MR) is 69.8 cm³/mol. The molecule has 1 atom stereocenters. The molecule has 2 rings (SSSR count). The molecule has 2 heterocycles. The number of likely N-dealkylation sites (N-methyl/N-ethyl adjacent to an activating group) is 1. The highest BCUT2D eigenvalue weighted by Crippen LogP contribution is 2.24. The zero-order valence-corrected chi connectivity index (χ0v) is 10.5. The van der Waals surface area contributed by atoms with Gasteiger partial charge in [-0.25, -0.2) is 4.98 Å². The highest BCUT2D eigenvalue weighted by Gasteiger charge is 2.21. The molecule has 1 aromatic rings. The molecule has 1 unspecified atom stereocenters. The second kappa shape index (κ2) is 5.77. The van der Waals surface area contributed by atoms with Crippen LogP contribution in [-0.2, 0) is 0 Å². The molecule has 1 aromatic heterocycles. The highest BCUT2D eigenvalue weighted by atomic mass is 16.6. The molecule has 6 heteroatoms. The van der Waals surface area contributed by atoms with Crippen molar-refractivity contribution in [2.24, 2.45) is 0 Å². The van der Waals surface area contributed by atoms with Crippen molar-refractivity contribution in [2.45, 2.75) is 25.3 Å². The predicted octanol–water partition coefficient (Wildman–Crippen LogP) is 1.57. The van der Waals surface area contributed by atoms with Crippen LogP contribution < -0.4 is 10.2 Å². The third-order valence-corrected chi connectivity index (χ3v) is 3.23. The molecule has 0 bridgehead atoms. The first-order valence-corrected chi connectivity index (χ1v) is 6.22. The van der Waals surface area contributed by atoms with Gasteiger partial charge in [-0.05, 0) is 25.5 Å². The lowest BCUT2D eigenvalue weighted by Gasteiger charge is -2.28. The fraction of sp³-hybridized carbons (Fsp3) is 0.583. The molecule has 6 nitrogen and oxygen atoms in total. The summed E-state index contributed by atoms with van der Waals surface area (Å²) in [6.07, 6.45) is 5.14. The van der Waals surface area contributed by atoms with E-state index < -0.39 is 0 Å². The number of aromatic nitrogens is 1. The summed E-state index contributed by atoms with van der Waals surface area (Å²) in [7, 11) is 1.85. The molecule has 1 aliphatic heterocycles. The van der Waals surface area contributed by atoms with E-state index in [9.17, 15) is 10.1 Å². The van der Waals surface area contributed by atoms with Crippen molar-refractivity contribution in [2.75, 3.05) is 25.0 Å². The van der Waals surface area contributed by atoms with Crippen LogP contribution in [0.5, 0.6) is 0 Å². The molecule has 0 aromatic carbocycles. The lowest BCUT2D eigenvalue weighted by atomic mass is 10.0. The number of rotatable bonds is 4. The van der Waals surface area contributed by atoms with Gasteiger partial charge < -0.3 is 10.2 Å². The molecule has 1 saturated heterocycles. The van der Waals surface area contributed by atoms with Gasteiger partial charge in [0.25, 0.3) is 0 Å². The maximum absolute atomic E-state index is 10.9. The first-order valence-electron chi connectivity index (χ1n) is 6.22. The van der Waals surface area contributed by atoms with E-state index in [0.29, 0.717) is 11.9 Å². The van der Waals surface area contributed by atoms with Crippen molar-refractivity contribution in [1.29, 1.82) is 0 Å². The van der Waals surface area contributed by atoms with Crippen LogP contribution in [0.1, 0.15) is 19.3 Å². The van der Waals surface area contributed by atoms with Gasteiger partial charge in [0.2, 0.25) is 5.82 Å². The molecular formula is C12H18N4O2. The Hall–Kier alpha value is -1.69. The highest BCUT2D eigenvalue weighted by molar-refractivity contribution is 5.56. The third-order valence-electron chi connectivity index (χ3n) is 3.23. The molecule has 1 aliphatic rings. The molecule has 0 spiro atoms. The molecule has 0 saturated carbocycles.